The third-order valence-corrected chi connectivity index (χ3v) is 4.48. The van der Waals surface area contributed by atoms with Gasteiger partial charge in [-0.25, -0.2) is 4.98 Å². The van der Waals surface area contributed by atoms with Crippen molar-refractivity contribution in [2.45, 2.75) is 13.8 Å². The van der Waals surface area contributed by atoms with Gasteiger partial charge in [-0.15, -0.1) is 21.5 Å². The van der Waals surface area contributed by atoms with E-state index in [2.05, 4.69) is 25.6 Å². The third-order valence-electron chi connectivity index (χ3n) is 3.71. The number of carbonyl (C=O) groups is 1. The van der Waals surface area contributed by atoms with Crippen LogP contribution in [0.5, 0.6) is 0 Å². The van der Waals surface area contributed by atoms with Crippen LogP contribution in [0.15, 0.2) is 41.8 Å². The van der Waals surface area contributed by atoms with Crippen LogP contribution in [0.3, 0.4) is 0 Å². The van der Waals surface area contributed by atoms with E-state index < -0.39 is 0 Å². The number of rotatable bonds is 3. The fourth-order valence-corrected chi connectivity index (χ4v) is 3.03. The predicted molar refractivity (Wildman–Crippen MR) is 95.8 cm³/mol. The number of amides is 1. The molecule has 0 fully saturated rings. The number of aromatic nitrogens is 5. The van der Waals surface area contributed by atoms with Crippen molar-refractivity contribution in [3.05, 3.63) is 58.3 Å². The lowest BCUT2D eigenvalue weighted by Gasteiger charge is -2.06. The lowest BCUT2D eigenvalue weighted by molar-refractivity contribution is 0.102. The van der Waals surface area contributed by atoms with Crippen LogP contribution in [0.25, 0.3) is 16.9 Å². The lowest BCUT2D eigenvalue weighted by Crippen LogP contribution is -2.12. The van der Waals surface area contributed by atoms with Gasteiger partial charge in [0.15, 0.2) is 11.5 Å². The molecule has 4 aromatic rings. The Balaban J connectivity index is 1.56. The van der Waals surface area contributed by atoms with Gasteiger partial charge in [-0.2, -0.15) is 9.61 Å². The number of nitrogens with zero attached hydrogens (tertiary/aromatic N) is 5. The van der Waals surface area contributed by atoms with Crippen molar-refractivity contribution in [2.24, 2.45) is 0 Å². The molecule has 4 rings (SSSR count). The highest BCUT2D eigenvalue weighted by Gasteiger charge is 2.10. The van der Waals surface area contributed by atoms with E-state index in [1.165, 1.54) is 11.3 Å². The summed E-state index contributed by atoms with van der Waals surface area (Å²) in [5.74, 6) is 0.524. The molecule has 0 unspecified atom stereocenters. The number of hydrogen-bond donors (Lipinski definition) is 1. The maximum Gasteiger partial charge on any atom is 0.275 e. The zero-order valence-electron chi connectivity index (χ0n) is 13.6. The number of fused-ring (bicyclic) bond motifs is 1. The molecule has 0 spiro atoms. The molecule has 0 aliphatic heterocycles. The number of benzene rings is 1. The topological polar surface area (TPSA) is 85.1 Å². The van der Waals surface area contributed by atoms with Gasteiger partial charge in [0.05, 0.1) is 10.7 Å². The molecule has 25 heavy (non-hydrogen) atoms. The van der Waals surface area contributed by atoms with E-state index in [1.54, 1.807) is 9.90 Å². The van der Waals surface area contributed by atoms with Gasteiger partial charge in [0.1, 0.15) is 5.69 Å². The van der Waals surface area contributed by atoms with Gasteiger partial charge in [0, 0.05) is 16.6 Å². The minimum atomic E-state index is -0.211. The molecule has 0 saturated heterocycles. The summed E-state index contributed by atoms with van der Waals surface area (Å²) in [7, 11) is 0. The summed E-state index contributed by atoms with van der Waals surface area (Å²) in [5, 5.41) is 18.0. The molecule has 3 heterocycles. The van der Waals surface area contributed by atoms with Gasteiger partial charge < -0.3 is 5.32 Å². The molecule has 1 amide bonds. The maximum atomic E-state index is 12.1. The van der Waals surface area contributed by atoms with Crippen molar-refractivity contribution >= 4 is 28.6 Å². The molecule has 0 aliphatic rings. The van der Waals surface area contributed by atoms with Gasteiger partial charge in [0.25, 0.3) is 5.91 Å². The van der Waals surface area contributed by atoms with Crippen molar-refractivity contribution in [1.29, 1.82) is 0 Å². The summed E-state index contributed by atoms with van der Waals surface area (Å²) in [5.41, 5.74) is 3.60. The summed E-state index contributed by atoms with van der Waals surface area (Å²) in [4.78, 5) is 16.3. The Hall–Kier alpha value is -3.13. The minimum Gasteiger partial charge on any atom is -0.321 e. The molecule has 124 valence electrons. The second-order valence-electron chi connectivity index (χ2n) is 5.52. The second kappa shape index (κ2) is 6.06. The Morgan fingerprint density at radius 2 is 1.88 bits per heavy atom. The van der Waals surface area contributed by atoms with Crippen LogP contribution in [0.4, 0.5) is 5.69 Å². The molecule has 0 radical (unpaired) electrons. The van der Waals surface area contributed by atoms with Crippen molar-refractivity contribution in [1.82, 2.24) is 24.8 Å². The molecule has 0 saturated carbocycles. The van der Waals surface area contributed by atoms with Crippen LogP contribution in [-0.4, -0.2) is 30.7 Å². The van der Waals surface area contributed by atoms with Crippen molar-refractivity contribution < 1.29 is 4.79 Å². The zero-order chi connectivity index (χ0) is 17.4. The van der Waals surface area contributed by atoms with E-state index in [9.17, 15) is 4.79 Å². The molecular weight excluding hydrogens is 336 g/mol. The third kappa shape index (κ3) is 2.99. The van der Waals surface area contributed by atoms with Gasteiger partial charge in [-0.3, -0.25) is 4.79 Å². The highest BCUT2D eigenvalue weighted by Crippen LogP contribution is 2.20. The Morgan fingerprint density at radius 3 is 2.60 bits per heavy atom. The van der Waals surface area contributed by atoms with E-state index >= 15 is 0 Å². The number of carbonyl (C=O) groups excluding carboxylic acids is 1. The maximum absolute atomic E-state index is 12.1. The van der Waals surface area contributed by atoms with Crippen LogP contribution >= 0.6 is 11.3 Å². The average molecular weight is 350 g/mol. The molecule has 8 heteroatoms. The average Bonchev–Trinajstić information content (AvgIpc) is 3.22. The largest absolute Gasteiger partial charge is 0.321 e. The number of thiazole rings is 1. The lowest BCUT2D eigenvalue weighted by atomic mass is 10.1. The minimum absolute atomic E-state index is 0.211. The van der Waals surface area contributed by atoms with Crippen LogP contribution in [0.1, 0.15) is 21.3 Å². The number of aryl methyl sites for hydroxylation is 2. The first-order valence-corrected chi connectivity index (χ1v) is 8.51. The van der Waals surface area contributed by atoms with E-state index in [0.29, 0.717) is 17.0 Å². The Labute approximate surface area is 147 Å². The number of nitrogens with one attached hydrogen (secondary N) is 1. The second-order valence-corrected chi connectivity index (χ2v) is 6.58. The van der Waals surface area contributed by atoms with Gasteiger partial charge in [-0.05, 0) is 38.1 Å². The molecule has 0 bridgehead atoms. The Kier molecular flexibility index (Phi) is 3.73. The first kappa shape index (κ1) is 15.4. The molecule has 1 N–H and O–H groups in total. The van der Waals surface area contributed by atoms with Gasteiger partial charge in [-0.1, -0.05) is 12.1 Å². The van der Waals surface area contributed by atoms with E-state index in [-0.39, 0.29) is 5.91 Å². The highest BCUT2D eigenvalue weighted by atomic mass is 32.1. The van der Waals surface area contributed by atoms with Crippen molar-refractivity contribution in [3.63, 3.8) is 0 Å². The Morgan fingerprint density at radius 1 is 1.08 bits per heavy atom. The van der Waals surface area contributed by atoms with E-state index in [0.717, 1.165) is 22.1 Å². The molecule has 1 aromatic carbocycles. The quantitative estimate of drug-likeness (QED) is 0.613. The predicted octanol–water partition coefficient (Wildman–Crippen LogP) is 3.12. The van der Waals surface area contributed by atoms with Crippen molar-refractivity contribution in [3.8, 4) is 11.3 Å². The fourth-order valence-electron chi connectivity index (χ4n) is 2.44. The highest BCUT2D eigenvalue weighted by molar-refractivity contribution is 7.09. The van der Waals surface area contributed by atoms with E-state index in [4.69, 9.17) is 0 Å². The molecule has 0 atom stereocenters. The van der Waals surface area contributed by atoms with Gasteiger partial charge >= 0.3 is 0 Å². The molecule has 3 aromatic heterocycles. The molecule has 0 aliphatic carbocycles. The molecule has 7 nitrogen and oxygen atoms in total. The van der Waals surface area contributed by atoms with Crippen LogP contribution < -0.4 is 5.32 Å². The summed E-state index contributed by atoms with van der Waals surface area (Å²) in [6.45, 7) is 3.73. The molecular formula is C17H14N6OS. The summed E-state index contributed by atoms with van der Waals surface area (Å²) < 4.78 is 1.70. The smallest absolute Gasteiger partial charge is 0.275 e. The summed E-state index contributed by atoms with van der Waals surface area (Å²) in [6, 6.07) is 11.3. The van der Waals surface area contributed by atoms with Crippen molar-refractivity contribution in [2.75, 3.05) is 5.32 Å². The van der Waals surface area contributed by atoms with Crippen LogP contribution in [-0.2, 0) is 0 Å². The Bertz CT molecular complexity index is 1070. The zero-order valence-corrected chi connectivity index (χ0v) is 14.4. The summed E-state index contributed by atoms with van der Waals surface area (Å²) >= 11 is 1.45. The first-order chi connectivity index (χ1) is 12.1. The van der Waals surface area contributed by atoms with Gasteiger partial charge in [0.2, 0.25) is 0 Å². The first-order valence-electron chi connectivity index (χ1n) is 7.63. The van der Waals surface area contributed by atoms with E-state index in [1.807, 2.05) is 50.2 Å². The summed E-state index contributed by atoms with van der Waals surface area (Å²) in [6.07, 6.45) is 0. The normalized spacial score (nSPS) is 11.0. The van der Waals surface area contributed by atoms with Crippen LogP contribution in [0, 0.1) is 13.8 Å². The fraction of sp³-hybridized carbons (Fsp3) is 0.118. The monoisotopic (exact) mass is 350 g/mol. The SMILES string of the molecule is Cc1nc(C(=O)Nc2ccc(-c3ccc4nnc(C)n4n3)cc2)cs1. The van der Waals surface area contributed by atoms with Crippen LogP contribution in [0.2, 0.25) is 0 Å². The standard InChI is InChI=1S/C17H14N6OS/c1-10-20-21-16-8-7-14(22-23(10)16)12-3-5-13(6-4-12)19-17(24)15-9-25-11(2)18-15/h3-9H,1-2H3,(H,19,24). The number of hydrogen-bond acceptors (Lipinski definition) is 6. The number of anilines is 1.